The van der Waals surface area contributed by atoms with E-state index in [1.54, 1.807) is 21.8 Å². The van der Waals surface area contributed by atoms with Crippen molar-refractivity contribution in [1.82, 2.24) is 4.31 Å². The van der Waals surface area contributed by atoms with Crippen LogP contribution in [0.4, 0.5) is 0 Å². The van der Waals surface area contributed by atoms with Crippen molar-refractivity contribution >= 4 is 21.4 Å². The Morgan fingerprint density at radius 2 is 2.31 bits per heavy atom. The summed E-state index contributed by atoms with van der Waals surface area (Å²) >= 11 is 1.27. The quantitative estimate of drug-likeness (QED) is 0.870. The van der Waals surface area contributed by atoms with Gasteiger partial charge < -0.3 is 5.73 Å². The first-order valence-electron chi connectivity index (χ1n) is 5.33. The van der Waals surface area contributed by atoms with Crippen molar-refractivity contribution in [3.8, 4) is 0 Å². The van der Waals surface area contributed by atoms with Gasteiger partial charge in [0.1, 0.15) is 4.21 Å². The highest BCUT2D eigenvalue weighted by Gasteiger charge is 2.33. The molecular formula is C10H16N2O2S2. The molecule has 1 aliphatic heterocycles. The second kappa shape index (κ2) is 4.44. The fourth-order valence-electron chi connectivity index (χ4n) is 2.07. The number of nitrogens with two attached hydrogens (primary N) is 1. The largest absolute Gasteiger partial charge is 0.328 e. The molecule has 1 saturated heterocycles. The summed E-state index contributed by atoms with van der Waals surface area (Å²) in [5.41, 5.74) is 5.83. The molecule has 2 rings (SSSR count). The molecule has 0 aliphatic carbocycles. The van der Waals surface area contributed by atoms with Gasteiger partial charge in [-0.25, -0.2) is 8.42 Å². The van der Waals surface area contributed by atoms with Crippen LogP contribution in [-0.2, 0) is 10.0 Å². The monoisotopic (exact) mass is 260 g/mol. The molecule has 0 bridgehead atoms. The van der Waals surface area contributed by atoms with Crippen molar-refractivity contribution in [3.05, 3.63) is 17.5 Å². The highest BCUT2D eigenvalue weighted by atomic mass is 32.2. The molecule has 2 atom stereocenters. The Morgan fingerprint density at radius 3 is 2.88 bits per heavy atom. The lowest BCUT2D eigenvalue weighted by Gasteiger charge is -2.34. The molecule has 6 heteroatoms. The van der Waals surface area contributed by atoms with Crippen LogP contribution >= 0.6 is 11.3 Å². The molecule has 0 aromatic carbocycles. The van der Waals surface area contributed by atoms with E-state index in [0.29, 0.717) is 10.8 Å². The molecule has 0 radical (unpaired) electrons. The van der Waals surface area contributed by atoms with Crippen LogP contribution in [-0.4, -0.2) is 31.4 Å². The summed E-state index contributed by atoms with van der Waals surface area (Å²) in [6.07, 6.45) is 1.49. The lowest BCUT2D eigenvalue weighted by molar-refractivity contribution is 0.247. The first-order chi connectivity index (χ1) is 7.51. The van der Waals surface area contributed by atoms with Crippen molar-refractivity contribution in [1.29, 1.82) is 0 Å². The minimum atomic E-state index is -3.30. The summed E-state index contributed by atoms with van der Waals surface area (Å²) in [5, 5.41) is 1.78. The molecule has 1 aliphatic rings. The van der Waals surface area contributed by atoms with E-state index in [-0.39, 0.29) is 12.1 Å². The van der Waals surface area contributed by atoms with Crippen molar-refractivity contribution < 1.29 is 8.42 Å². The van der Waals surface area contributed by atoms with Gasteiger partial charge in [-0.3, -0.25) is 0 Å². The highest BCUT2D eigenvalue weighted by molar-refractivity contribution is 7.91. The number of hydrogen-bond acceptors (Lipinski definition) is 4. The molecule has 1 fully saturated rings. The normalized spacial score (nSPS) is 28.1. The second-order valence-corrected chi connectivity index (χ2v) is 7.25. The Kier molecular flexibility index (Phi) is 3.34. The van der Waals surface area contributed by atoms with Crippen LogP contribution in [0.2, 0.25) is 0 Å². The van der Waals surface area contributed by atoms with E-state index in [2.05, 4.69) is 0 Å². The lowest BCUT2D eigenvalue weighted by Crippen LogP contribution is -2.48. The summed E-state index contributed by atoms with van der Waals surface area (Å²) in [6.45, 7) is 2.45. The fraction of sp³-hybridized carbons (Fsp3) is 0.600. The van der Waals surface area contributed by atoms with Gasteiger partial charge in [-0.15, -0.1) is 11.3 Å². The SMILES string of the molecule is CC1CC(N)CCN1S(=O)(=O)c1cccs1. The van der Waals surface area contributed by atoms with Crippen LogP contribution < -0.4 is 5.73 Å². The van der Waals surface area contributed by atoms with Gasteiger partial charge in [-0.05, 0) is 31.2 Å². The van der Waals surface area contributed by atoms with Gasteiger partial charge in [0.25, 0.3) is 10.0 Å². The summed E-state index contributed by atoms with van der Waals surface area (Å²) in [4.78, 5) is 0. The molecular weight excluding hydrogens is 244 g/mol. The zero-order chi connectivity index (χ0) is 11.8. The topological polar surface area (TPSA) is 63.4 Å². The summed E-state index contributed by atoms with van der Waals surface area (Å²) in [7, 11) is -3.30. The van der Waals surface area contributed by atoms with Gasteiger partial charge in [0.2, 0.25) is 0 Å². The molecule has 0 amide bonds. The van der Waals surface area contributed by atoms with Crippen LogP contribution in [0.5, 0.6) is 0 Å². The maximum Gasteiger partial charge on any atom is 0.252 e. The number of nitrogens with zero attached hydrogens (tertiary/aromatic N) is 1. The number of sulfonamides is 1. The highest BCUT2D eigenvalue weighted by Crippen LogP contribution is 2.27. The first kappa shape index (κ1) is 12.0. The van der Waals surface area contributed by atoms with Gasteiger partial charge in [0.05, 0.1) is 0 Å². The van der Waals surface area contributed by atoms with Crippen LogP contribution in [0, 0.1) is 0 Å². The maximum absolute atomic E-state index is 12.3. The van der Waals surface area contributed by atoms with E-state index in [9.17, 15) is 8.42 Å². The standard InChI is InChI=1S/C10H16N2O2S2/c1-8-7-9(11)4-5-12(8)16(13,14)10-3-2-6-15-10/h2-3,6,8-9H,4-5,7,11H2,1H3. The average Bonchev–Trinajstić information content (AvgIpc) is 2.69. The van der Waals surface area contributed by atoms with Crippen LogP contribution in [0.25, 0.3) is 0 Å². The molecule has 1 aromatic heterocycles. The number of thiophene rings is 1. The van der Waals surface area contributed by atoms with E-state index in [1.165, 1.54) is 11.3 Å². The van der Waals surface area contributed by atoms with E-state index < -0.39 is 10.0 Å². The Balaban J connectivity index is 2.25. The van der Waals surface area contributed by atoms with E-state index >= 15 is 0 Å². The number of piperidine rings is 1. The molecule has 2 N–H and O–H groups in total. The molecule has 2 heterocycles. The first-order valence-corrected chi connectivity index (χ1v) is 7.64. The van der Waals surface area contributed by atoms with Crippen molar-refractivity contribution in [3.63, 3.8) is 0 Å². The van der Waals surface area contributed by atoms with Crippen molar-refractivity contribution in [2.75, 3.05) is 6.54 Å². The maximum atomic E-state index is 12.3. The molecule has 0 spiro atoms. The lowest BCUT2D eigenvalue weighted by atomic mass is 10.0. The Labute approximate surface area is 100 Å². The third kappa shape index (κ3) is 2.15. The molecule has 2 unspecified atom stereocenters. The number of hydrogen-bond donors (Lipinski definition) is 1. The zero-order valence-corrected chi connectivity index (χ0v) is 10.8. The van der Waals surface area contributed by atoms with E-state index in [4.69, 9.17) is 5.73 Å². The molecule has 16 heavy (non-hydrogen) atoms. The minimum Gasteiger partial charge on any atom is -0.328 e. The molecule has 90 valence electrons. The summed E-state index contributed by atoms with van der Waals surface area (Å²) < 4.78 is 26.5. The van der Waals surface area contributed by atoms with Crippen molar-refractivity contribution in [2.24, 2.45) is 5.73 Å². The third-order valence-electron chi connectivity index (χ3n) is 2.91. The third-order valence-corrected chi connectivity index (χ3v) is 6.30. The van der Waals surface area contributed by atoms with Crippen LogP contribution in [0.3, 0.4) is 0 Å². The van der Waals surface area contributed by atoms with Crippen LogP contribution in [0.15, 0.2) is 21.7 Å². The van der Waals surface area contributed by atoms with Gasteiger partial charge >= 0.3 is 0 Å². The Hall–Kier alpha value is -0.430. The Bertz CT molecular complexity index is 441. The second-order valence-electron chi connectivity index (χ2n) is 4.18. The smallest absolute Gasteiger partial charge is 0.252 e. The number of rotatable bonds is 2. The predicted molar refractivity (Wildman–Crippen MR) is 64.9 cm³/mol. The Morgan fingerprint density at radius 1 is 1.56 bits per heavy atom. The molecule has 0 saturated carbocycles. The zero-order valence-electron chi connectivity index (χ0n) is 9.17. The van der Waals surface area contributed by atoms with Gasteiger partial charge in [0, 0.05) is 18.6 Å². The average molecular weight is 260 g/mol. The summed E-state index contributed by atoms with van der Waals surface area (Å²) in [5.74, 6) is 0. The van der Waals surface area contributed by atoms with Crippen molar-refractivity contribution in [2.45, 2.75) is 36.1 Å². The predicted octanol–water partition coefficient (Wildman–Crippen LogP) is 1.25. The minimum absolute atomic E-state index is 0.00384. The fourth-order valence-corrected chi connectivity index (χ4v) is 4.85. The summed E-state index contributed by atoms with van der Waals surface area (Å²) in [6, 6.07) is 3.54. The van der Waals surface area contributed by atoms with Crippen LogP contribution in [0.1, 0.15) is 19.8 Å². The molecule has 4 nitrogen and oxygen atoms in total. The van der Waals surface area contributed by atoms with Gasteiger partial charge in [-0.2, -0.15) is 4.31 Å². The molecule has 1 aromatic rings. The van der Waals surface area contributed by atoms with Gasteiger partial charge in [-0.1, -0.05) is 6.07 Å². The van der Waals surface area contributed by atoms with E-state index in [1.807, 2.05) is 6.92 Å². The van der Waals surface area contributed by atoms with E-state index in [0.717, 1.165) is 12.8 Å². The van der Waals surface area contributed by atoms with Gasteiger partial charge in [0.15, 0.2) is 0 Å².